The molecule has 0 N–H and O–H groups in total. The molecule has 4 aromatic rings. The SMILES string of the molecule is CCc1ccc(Cc2nc3cc(C(C)=O)ccc3n2Cc2ccccc2N2CCCCC2)cc1.[HH]. The number of nitrogens with zero attached hydrogens (tertiary/aromatic N) is 3. The zero-order chi connectivity index (χ0) is 23.5. The van der Waals surface area contributed by atoms with Crippen molar-refractivity contribution >= 4 is 22.5 Å². The van der Waals surface area contributed by atoms with E-state index < -0.39 is 0 Å². The summed E-state index contributed by atoms with van der Waals surface area (Å²) in [4.78, 5) is 19.6. The number of para-hydroxylation sites is 1. The highest BCUT2D eigenvalue weighted by atomic mass is 16.1. The monoisotopic (exact) mass is 453 g/mol. The first-order chi connectivity index (χ1) is 16.6. The van der Waals surface area contributed by atoms with Crippen LogP contribution in [0.25, 0.3) is 11.0 Å². The zero-order valence-corrected chi connectivity index (χ0v) is 20.3. The number of benzene rings is 3. The molecule has 1 aliphatic rings. The van der Waals surface area contributed by atoms with Gasteiger partial charge in [0, 0.05) is 32.2 Å². The fourth-order valence-corrected chi connectivity index (χ4v) is 5.04. The van der Waals surface area contributed by atoms with Gasteiger partial charge in [0.2, 0.25) is 0 Å². The fourth-order valence-electron chi connectivity index (χ4n) is 5.04. The number of aryl methyl sites for hydroxylation is 1. The Morgan fingerprint density at radius 3 is 2.41 bits per heavy atom. The number of carbonyl (C=O) groups excluding carboxylic acids is 1. The van der Waals surface area contributed by atoms with Gasteiger partial charge in [-0.05, 0) is 73.6 Å². The summed E-state index contributed by atoms with van der Waals surface area (Å²) in [5.41, 5.74) is 7.94. The van der Waals surface area contributed by atoms with E-state index in [-0.39, 0.29) is 7.21 Å². The summed E-state index contributed by atoms with van der Waals surface area (Å²) in [7, 11) is 0. The van der Waals surface area contributed by atoms with E-state index >= 15 is 0 Å². The van der Waals surface area contributed by atoms with Gasteiger partial charge in [0.15, 0.2) is 5.78 Å². The molecule has 0 spiro atoms. The predicted octanol–water partition coefficient (Wildman–Crippen LogP) is 6.68. The number of rotatable bonds is 7. The summed E-state index contributed by atoms with van der Waals surface area (Å²) in [5.74, 6) is 1.11. The maximum atomic E-state index is 12.0. The molecule has 3 aromatic carbocycles. The number of fused-ring (bicyclic) bond motifs is 1. The molecule has 1 aliphatic heterocycles. The molecular formula is C30H35N3O. The first-order valence-electron chi connectivity index (χ1n) is 12.5. The van der Waals surface area contributed by atoms with Gasteiger partial charge in [-0.3, -0.25) is 4.79 Å². The van der Waals surface area contributed by atoms with Crippen molar-refractivity contribution in [2.24, 2.45) is 0 Å². The standard InChI is InChI=1S/C30H33N3O.H2/c1-3-23-11-13-24(14-12-23)19-30-31-27-20-25(22(2)34)15-16-29(27)33(30)21-26-9-5-6-10-28(26)32-17-7-4-8-18-32;/h5-6,9-16,20H,3-4,7-8,17-19,21H2,1-2H3;1H. The minimum atomic E-state index is 0. The van der Waals surface area contributed by atoms with Gasteiger partial charge >= 0.3 is 0 Å². The normalized spacial score (nSPS) is 14.0. The Kier molecular flexibility index (Phi) is 6.48. The van der Waals surface area contributed by atoms with Gasteiger partial charge in [-0.15, -0.1) is 0 Å². The number of Topliss-reactive ketones (excluding diaryl/α,β-unsaturated/α-hetero) is 1. The Balaban J connectivity index is 0.00000289. The number of anilines is 1. The molecule has 0 amide bonds. The first-order valence-corrected chi connectivity index (χ1v) is 12.5. The van der Waals surface area contributed by atoms with E-state index in [1.807, 2.05) is 12.1 Å². The molecule has 4 heteroatoms. The molecule has 2 heterocycles. The predicted molar refractivity (Wildman–Crippen MR) is 142 cm³/mol. The summed E-state index contributed by atoms with van der Waals surface area (Å²) in [6.45, 7) is 6.82. The van der Waals surface area contributed by atoms with Crippen molar-refractivity contribution in [2.45, 2.75) is 52.5 Å². The molecule has 1 aromatic heterocycles. The van der Waals surface area contributed by atoms with Crippen LogP contribution in [0.2, 0.25) is 0 Å². The highest BCUT2D eigenvalue weighted by Crippen LogP contribution is 2.28. The van der Waals surface area contributed by atoms with Crippen LogP contribution in [-0.2, 0) is 19.4 Å². The van der Waals surface area contributed by atoms with Crippen LogP contribution in [0.5, 0.6) is 0 Å². The molecule has 0 bridgehead atoms. The molecule has 5 rings (SSSR count). The zero-order valence-electron chi connectivity index (χ0n) is 20.3. The lowest BCUT2D eigenvalue weighted by Gasteiger charge is -2.31. The number of imidazole rings is 1. The molecule has 1 fully saturated rings. The Hall–Kier alpha value is -3.40. The van der Waals surface area contributed by atoms with Crippen LogP contribution >= 0.6 is 0 Å². The van der Waals surface area contributed by atoms with Crippen molar-refractivity contribution in [2.75, 3.05) is 18.0 Å². The number of carbonyl (C=O) groups is 1. The van der Waals surface area contributed by atoms with E-state index in [9.17, 15) is 4.79 Å². The number of piperidine rings is 1. The quantitative estimate of drug-likeness (QED) is 0.293. The van der Waals surface area contributed by atoms with Gasteiger partial charge in [-0.1, -0.05) is 49.4 Å². The molecule has 0 saturated carbocycles. The third-order valence-corrected chi connectivity index (χ3v) is 7.04. The topological polar surface area (TPSA) is 38.1 Å². The van der Waals surface area contributed by atoms with Crippen LogP contribution in [0.15, 0.2) is 66.7 Å². The highest BCUT2D eigenvalue weighted by Gasteiger charge is 2.18. The average molecular weight is 454 g/mol. The van der Waals surface area contributed by atoms with Gasteiger partial charge in [-0.2, -0.15) is 0 Å². The first kappa shape index (κ1) is 22.4. The van der Waals surface area contributed by atoms with Crippen LogP contribution in [0.3, 0.4) is 0 Å². The summed E-state index contributed by atoms with van der Waals surface area (Å²) in [6.07, 6.45) is 5.65. The molecular weight excluding hydrogens is 418 g/mol. The van der Waals surface area contributed by atoms with Crippen molar-refractivity contribution in [3.8, 4) is 0 Å². The van der Waals surface area contributed by atoms with E-state index in [0.717, 1.165) is 49.3 Å². The number of aromatic nitrogens is 2. The molecule has 1 saturated heterocycles. The summed E-state index contributed by atoms with van der Waals surface area (Å²) >= 11 is 0. The maximum Gasteiger partial charge on any atom is 0.159 e. The van der Waals surface area contributed by atoms with Gasteiger partial charge in [0.05, 0.1) is 17.6 Å². The average Bonchev–Trinajstić information content (AvgIpc) is 3.21. The summed E-state index contributed by atoms with van der Waals surface area (Å²) in [6, 6.07) is 23.6. The second kappa shape index (κ2) is 9.84. The van der Waals surface area contributed by atoms with E-state index in [4.69, 9.17) is 4.98 Å². The Labute approximate surface area is 203 Å². The maximum absolute atomic E-state index is 12.0. The van der Waals surface area contributed by atoms with E-state index in [1.165, 1.54) is 41.6 Å². The molecule has 176 valence electrons. The fraction of sp³-hybridized carbons (Fsp3) is 0.333. The molecule has 34 heavy (non-hydrogen) atoms. The van der Waals surface area contributed by atoms with Gasteiger partial charge in [0.25, 0.3) is 0 Å². The molecule has 0 unspecified atom stereocenters. The number of hydrogen-bond acceptors (Lipinski definition) is 3. The van der Waals surface area contributed by atoms with Crippen LogP contribution in [-0.4, -0.2) is 28.4 Å². The lowest BCUT2D eigenvalue weighted by atomic mass is 10.1. The van der Waals surface area contributed by atoms with Crippen LogP contribution in [0.1, 0.15) is 67.4 Å². The molecule has 0 aliphatic carbocycles. The third-order valence-electron chi connectivity index (χ3n) is 7.04. The van der Waals surface area contributed by atoms with Gasteiger partial charge in [0.1, 0.15) is 5.82 Å². The van der Waals surface area contributed by atoms with Crippen LogP contribution in [0, 0.1) is 0 Å². The van der Waals surface area contributed by atoms with Crippen LogP contribution in [0.4, 0.5) is 5.69 Å². The van der Waals surface area contributed by atoms with Crippen LogP contribution < -0.4 is 4.90 Å². The molecule has 0 atom stereocenters. The van der Waals surface area contributed by atoms with Crippen molar-refractivity contribution in [1.82, 2.24) is 9.55 Å². The van der Waals surface area contributed by atoms with E-state index in [1.54, 1.807) is 6.92 Å². The Morgan fingerprint density at radius 1 is 0.941 bits per heavy atom. The molecule has 4 nitrogen and oxygen atoms in total. The Morgan fingerprint density at radius 2 is 1.68 bits per heavy atom. The molecule has 0 radical (unpaired) electrons. The highest BCUT2D eigenvalue weighted by molar-refractivity contribution is 5.97. The van der Waals surface area contributed by atoms with Gasteiger partial charge < -0.3 is 9.47 Å². The lowest BCUT2D eigenvalue weighted by Crippen LogP contribution is -2.30. The van der Waals surface area contributed by atoms with Crippen molar-refractivity contribution < 1.29 is 6.22 Å². The minimum Gasteiger partial charge on any atom is -0.371 e. The largest absolute Gasteiger partial charge is 0.371 e. The smallest absolute Gasteiger partial charge is 0.159 e. The second-order valence-corrected chi connectivity index (χ2v) is 9.40. The summed E-state index contributed by atoms with van der Waals surface area (Å²) in [5, 5.41) is 0. The number of ketones is 1. The number of hydrogen-bond donors (Lipinski definition) is 0. The summed E-state index contributed by atoms with van der Waals surface area (Å²) < 4.78 is 2.34. The Bertz CT molecular complexity index is 1300. The van der Waals surface area contributed by atoms with Crippen molar-refractivity contribution in [1.29, 1.82) is 0 Å². The van der Waals surface area contributed by atoms with E-state index in [2.05, 4.69) is 71.0 Å². The lowest BCUT2D eigenvalue weighted by molar-refractivity contribution is 0.101. The minimum absolute atomic E-state index is 0. The van der Waals surface area contributed by atoms with E-state index in [0.29, 0.717) is 5.56 Å². The van der Waals surface area contributed by atoms with Crippen molar-refractivity contribution in [3.05, 3.63) is 94.8 Å². The third kappa shape index (κ3) is 4.63. The van der Waals surface area contributed by atoms with Gasteiger partial charge in [-0.25, -0.2) is 4.98 Å². The van der Waals surface area contributed by atoms with Crippen molar-refractivity contribution in [3.63, 3.8) is 0 Å². The second-order valence-electron chi connectivity index (χ2n) is 9.40.